The van der Waals surface area contributed by atoms with Crippen LogP contribution in [0.4, 0.5) is 8.78 Å². The molecule has 26 heavy (non-hydrogen) atoms. The van der Waals surface area contributed by atoms with Gasteiger partial charge in [0.2, 0.25) is 0 Å². The molecule has 0 spiro atoms. The van der Waals surface area contributed by atoms with Gasteiger partial charge in [-0.3, -0.25) is 9.48 Å². The molecule has 7 nitrogen and oxygen atoms in total. The zero-order valence-corrected chi connectivity index (χ0v) is 15.1. The first-order valence-corrected chi connectivity index (χ1v) is 8.35. The highest BCUT2D eigenvalue weighted by Crippen LogP contribution is 2.32. The molecule has 0 fully saturated rings. The van der Waals surface area contributed by atoms with Crippen LogP contribution in [0.2, 0.25) is 0 Å². The number of aromatic nitrogens is 5. The third-order valence-corrected chi connectivity index (χ3v) is 4.11. The van der Waals surface area contributed by atoms with Crippen molar-refractivity contribution in [3.8, 4) is 0 Å². The van der Waals surface area contributed by atoms with Crippen molar-refractivity contribution in [2.45, 2.75) is 38.7 Å². The number of aryl methyl sites for hydroxylation is 2. The largest absolute Gasteiger partial charge is 0.364 e. The van der Waals surface area contributed by atoms with Crippen molar-refractivity contribution in [3.63, 3.8) is 0 Å². The van der Waals surface area contributed by atoms with Gasteiger partial charge in [0, 0.05) is 24.5 Å². The van der Waals surface area contributed by atoms with Crippen LogP contribution in [0.15, 0.2) is 24.4 Å². The summed E-state index contributed by atoms with van der Waals surface area (Å²) < 4.78 is 29.9. The number of nitrogens with one attached hydrogen (secondary N) is 1. The molecule has 1 unspecified atom stereocenters. The average Bonchev–Trinajstić information content (AvgIpc) is 3.19. The van der Waals surface area contributed by atoms with Crippen molar-refractivity contribution < 1.29 is 13.6 Å². The van der Waals surface area contributed by atoms with Gasteiger partial charge in [-0.05, 0) is 44.5 Å². The number of hydrogen-bond acceptors (Lipinski definition) is 4. The fourth-order valence-electron chi connectivity index (χ4n) is 2.73. The Kier molecular flexibility index (Phi) is 4.66. The molecule has 0 radical (unpaired) electrons. The zero-order valence-electron chi connectivity index (χ0n) is 14.4. The Labute approximate surface area is 153 Å². The van der Waals surface area contributed by atoms with Gasteiger partial charge in [-0.1, -0.05) is 0 Å². The summed E-state index contributed by atoms with van der Waals surface area (Å²) >= 11 is 5.15. The van der Waals surface area contributed by atoms with E-state index in [1.807, 2.05) is 6.92 Å². The lowest BCUT2D eigenvalue weighted by atomic mass is 10.2. The molecule has 0 bridgehead atoms. The predicted octanol–water partition coefficient (Wildman–Crippen LogP) is 3.03. The highest BCUT2D eigenvalue weighted by molar-refractivity contribution is 6.21. The Bertz CT molecular complexity index is 961. The Balaban J connectivity index is 1.92. The van der Waals surface area contributed by atoms with Crippen molar-refractivity contribution in [2.75, 3.05) is 0 Å². The number of hydrogen-bond donors (Lipinski definition) is 1. The van der Waals surface area contributed by atoms with Crippen molar-refractivity contribution >= 4 is 23.2 Å². The molecular formula is C16H17ClF2N6O. The standard InChI is InChI=1S/C16H17ClF2N6O/c1-4-24-12(5-6-20-24)10(3)22-15(26)11-8-14-21-9(2)7-13(16(17,18)19)25(14)23-11/h5-8,10H,4H2,1-3H3,(H,22,26). The minimum Gasteiger partial charge on any atom is -0.343 e. The summed E-state index contributed by atoms with van der Waals surface area (Å²) in [7, 11) is 0. The lowest BCUT2D eigenvalue weighted by Gasteiger charge is -2.14. The molecule has 10 heteroatoms. The van der Waals surface area contributed by atoms with Crippen LogP contribution in [0.25, 0.3) is 5.65 Å². The number of fused-ring (bicyclic) bond motifs is 1. The Morgan fingerprint density at radius 3 is 2.81 bits per heavy atom. The number of carbonyl (C=O) groups is 1. The van der Waals surface area contributed by atoms with Crippen LogP contribution < -0.4 is 5.32 Å². The fraction of sp³-hybridized carbons (Fsp3) is 0.375. The fourth-order valence-corrected chi connectivity index (χ4v) is 2.87. The van der Waals surface area contributed by atoms with Crippen molar-refractivity contribution in [1.82, 2.24) is 29.7 Å². The van der Waals surface area contributed by atoms with Crippen LogP contribution in [0, 0.1) is 6.92 Å². The normalized spacial score (nSPS) is 13.2. The van der Waals surface area contributed by atoms with E-state index in [4.69, 9.17) is 11.6 Å². The quantitative estimate of drug-likeness (QED) is 0.688. The first-order valence-electron chi connectivity index (χ1n) is 7.98. The van der Waals surface area contributed by atoms with E-state index in [9.17, 15) is 13.6 Å². The maximum absolute atomic E-state index is 13.6. The summed E-state index contributed by atoms with van der Waals surface area (Å²) in [6.07, 6.45) is 1.65. The topological polar surface area (TPSA) is 77.1 Å². The number of halogens is 3. The third-order valence-electron chi connectivity index (χ3n) is 3.92. The van der Waals surface area contributed by atoms with E-state index >= 15 is 0 Å². The second-order valence-corrected chi connectivity index (χ2v) is 6.32. The van der Waals surface area contributed by atoms with Gasteiger partial charge in [-0.2, -0.15) is 19.0 Å². The van der Waals surface area contributed by atoms with Crippen LogP contribution in [0.3, 0.4) is 0 Å². The molecule has 0 saturated heterocycles. The SMILES string of the molecule is CCn1nccc1C(C)NC(=O)c1cc2nc(C)cc(C(F)(F)Cl)n2n1. The molecule has 0 saturated carbocycles. The van der Waals surface area contributed by atoms with Gasteiger partial charge in [0.15, 0.2) is 11.3 Å². The second kappa shape index (κ2) is 6.64. The minimum absolute atomic E-state index is 0.0281. The highest BCUT2D eigenvalue weighted by Gasteiger charge is 2.32. The van der Waals surface area contributed by atoms with Gasteiger partial charge in [0.1, 0.15) is 5.69 Å². The molecule has 0 aliphatic carbocycles. The molecule has 1 amide bonds. The van der Waals surface area contributed by atoms with Gasteiger partial charge in [-0.15, -0.1) is 0 Å². The van der Waals surface area contributed by atoms with Crippen molar-refractivity contribution in [3.05, 3.63) is 47.2 Å². The molecular weight excluding hydrogens is 366 g/mol. The number of amides is 1. The second-order valence-electron chi connectivity index (χ2n) is 5.85. The van der Waals surface area contributed by atoms with E-state index in [1.54, 1.807) is 30.8 Å². The maximum Gasteiger partial charge on any atom is 0.364 e. The summed E-state index contributed by atoms with van der Waals surface area (Å²) in [5.74, 6) is -0.506. The molecule has 138 valence electrons. The van der Waals surface area contributed by atoms with Gasteiger partial charge >= 0.3 is 5.38 Å². The molecule has 3 heterocycles. The third kappa shape index (κ3) is 3.39. The van der Waals surface area contributed by atoms with Crippen molar-refractivity contribution in [2.24, 2.45) is 0 Å². The van der Waals surface area contributed by atoms with Crippen LogP contribution in [0.1, 0.15) is 47.5 Å². The smallest absolute Gasteiger partial charge is 0.343 e. The average molecular weight is 383 g/mol. The van der Waals surface area contributed by atoms with Gasteiger partial charge in [-0.25, -0.2) is 9.50 Å². The first-order chi connectivity index (χ1) is 12.2. The molecule has 1 N–H and O–H groups in total. The lowest BCUT2D eigenvalue weighted by Crippen LogP contribution is -2.28. The summed E-state index contributed by atoms with van der Waals surface area (Å²) in [5, 5.41) is 7.26. The van der Waals surface area contributed by atoms with E-state index in [0.717, 1.165) is 16.3 Å². The molecule has 0 aliphatic heterocycles. The van der Waals surface area contributed by atoms with Gasteiger partial charge < -0.3 is 5.32 Å². The Morgan fingerprint density at radius 1 is 1.42 bits per heavy atom. The number of carbonyl (C=O) groups excluding carboxylic acids is 1. The monoisotopic (exact) mass is 382 g/mol. The maximum atomic E-state index is 13.6. The van der Waals surface area contributed by atoms with E-state index in [1.165, 1.54) is 6.07 Å². The Hall–Kier alpha value is -2.55. The van der Waals surface area contributed by atoms with Gasteiger partial charge in [0.05, 0.1) is 11.7 Å². The number of nitrogens with zero attached hydrogens (tertiary/aromatic N) is 5. The summed E-state index contributed by atoms with van der Waals surface area (Å²) in [5.41, 5.74) is 0.723. The van der Waals surface area contributed by atoms with E-state index in [0.29, 0.717) is 12.2 Å². The van der Waals surface area contributed by atoms with Gasteiger partial charge in [0.25, 0.3) is 5.91 Å². The first kappa shape index (κ1) is 18.2. The number of alkyl halides is 3. The summed E-state index contributed by atoms with van der Waals surface area (Å²) in [4.78, 5) is 16.6. The summed E-state index contributed by atoms with van der Waals surface area (Å²) in [6.45, 7) is 5.97. The summed E-state index contributed by atoms with van der Waals surface area (Å²) in [6, 6.07) is 3.95. The lowest BCUT2D eigenvalue weighted by molar-refractivity contribution is 0.0863. The van der Waals surface area contributed by atoms with E-state index in [-0.39, 0.29) is 17.4 Å². The molecule has 3 aromatic rings. The van der Waals surface area contributed by atoms with Crippen molar-refractivity contribution in [1.29, 1.82) is 0 Å². The molecule has 1 atom stereocenters. The Morgan fingerprint density at radius 2 is 2.15 bits per heavy atom. The minimum atomic E-state index is -3.63. The van der Waals surface area contributed by atoms with Crippen LogP contribution in [-0.4, -0.2) is 30.3 Å². The molecule has 3 rings (SSSR count). The molecule has 0 aromatic carbocycles. The number of rotatable bonds is 5. The predicted molar refractivity (Wildman–Crippen MR) is 91.3 cm³/mol. The van der Waals surface area contributed by atoms with E-state index in [2.05, 4.69) is 20.5 Å². The van der Waals surface area contributed by atoms with Crippen LogP contribution in [-0.2, 0) is 11.9 Å². The molecule has 3 aromatic heterocycles. The molecule has 0 aliphatic rings. The van der Waals surface area contributed by atoms with Crippen LogP contribution in [0.5, 0.6) is 0 Å². The van der Waals surface area contributed by atoms with Crippen LogP contribution >= 0.6 is 11.6 Å². The zero-order chi connectivity index (χ0) is 19.1. The highest BCUT2D eigenvalue weighted by atomic mass is 35.5. The van der Waals surface area contributed by atoms with E-state index < -0.39 is 17.0 Å².